The van der Waals surface area contributed by atoms with Gasteiger partial charge in [-0.3, -0.25) is 4.79 Å². The summed E-state index contributed by atoms with van der Waals surface area (Å²) in [5, 5.41) is 11.8. The van der Waals surface area contributed by atoms with Crippen molar-refractivity contribution >= 4 is 12.0 Å². The minimum Gasteiger partial charge on any atom is -0.481 e. The van der Waals surface area contributed by atoms with Crippen molar-refractivity contribution < 1.29 is 14.7 Å². The highest BCUT2D eigenvalue weighted by molar-refractivity contribution is 5.76. The van der Waals surface area contributed by atoms with Crippen molar-refractivity contribution in [2.75, 3.05) is 7.05 Å². The lowest BCUT2D eigenvalue weighted by Gasteiger charge is -2.34. The molecule has 5 nitrogen and oxygen atoms in total. The van der Waals surface area contributed by atoms with E-state index in [1.54, 1.807) is 11.9 Å². The Bertz CT molecular complexity index is 321. The fourth-order valence-electron chi connectivity index (χ4n) is 1.63. The molecule has 0 aliphatic heterocycles. The molecular formula is C14H28N2O3. The van der Waals surface area contributed by atoms with Gasteiger partial charge in [-0.2, -0.15) is 0 Å². The van der Waals surface area contributed by atoms with E-state index in [9.17, 15) is 9.59 Å². The van der Waals surface area contributed by atoms with Crippen molar-refractivity contribution in [3.8, 4) is 0 Å². The number of carbonyl (C=O) groups is 2. The van der Waals surface area contributed by atoms with Crippen LogP contribution in [0.5, 0.6) is 0 Å². The molecular weight excluding hydrogens is 244 g/mol. The second kappa shape index (κ2) is 6.78. The lowest BCUT2D eigenvalue weighted by atomic mass is 9.85. The first-order valence-electron chi connectivity index (χ1n) is 6.72. The summed E-state index contributed by atoms with van der Waals surface area (Å²) >= 11 is 0. The molecule has 2 unspecified atom stereocenters. The van der Waals surface area contributed by atoms with E-state index in [2.05, 4.69) is 5.32 Å². The third kappa shape index (κ3) is 5.94. The molecule has 112 valence electrons. The van der Waals surface area contributed by atoms with Crippen molar-refractivity contribution in [1.82, 2.24) is 10.2 Å². The molecule has 19 heavy (non-hydrogen) atoms. The van der Waals surface area contributed by atoms with Crippen LogP contribution in [0.2, 0.25) is 0 Å². The third-order valence-electron chi connectivity index (χ3n) is 3.62. The van der Waals surface area contributed by atoms with E-state index in [0.717, 1.165) is 0 Å². The van der Waals surface area contributed by atoms with Gasteiger partial charge in [0, 0.05) is 19.1 Å². The summed E-state index contributed by atoms with van der Waals surface area (Å²) in [7, 11) is 1.74. The minimum atomic E-state index is -0.903. The highest BCUT2D eigenvalue weighted by atomic mass is 16.4. The smallest absolute Gasteiger partial charge is 0.317 e. The zero-order valence-electron chi connectivity index (χ0n) is 13.2. The molecule has 0 heterocycles. The topological polar surface area (TPSA) is 69.6 Å². The number of amides is 2. The van der Waals surface area contributed by atoms with Gasteiger partial charge >= 0.3 is 12.0 Å². The second-order valence-electron chi connectivity index (χ2n) is 6.56. The monoisotopic (exact) mass is 272 g/mol. The number of carboxylic acids is 1. The summed E-state index contributed by atoms with van der Waals surface area (Å²) in [4.78, 5) is 24.7. The molecule has 0 radical (unpaired) electrons. The Morgan fingerprint density at radius 2 is 1.68 bits per heavy atom. The number of carbonyl (C=O) groups excluding carboxylic acids is 1. The molecule has 0 aromatic carbocycles. The molecule has 2 atom stereocenters. The fourth-order valence-corrected chi connectivity index (χ4v) is 1.63. The fraction of sp³-hybridized carbons (Fsp3) is 0.857. The quantitative estimate of drug-likeness (QED) is 0.808. The van der Waals surface area contributed by atoms with Gasteiger partial charge in [0.1, 0.15) is 0 Å². The van der Waals surface area contributed by atoms with E-state index >= 15 is 0 Å². The third-order valence-corrected chi connectivity index (χ3v) is 3.62. The lowest BCUT2D eigenvalue weighted by molar-refractivity contribution is -0.138. The molecule has 5 heteroatoms. The zero-order chi connectivity index (χ0) is 15.4. The number of nitrogens with zero attached hydrogens (tertiary/aromatic N) is 1. The average Bonchev–Trinajstić information content (AvgIpc) is 2.23. The molecule has 0 rings (SSSR count). The Labute approximate surface area is 116 Å². The van der Waals surface area contributed by atoms with Crippen LogP contribution >= 0.6 is 0 Å². The maximum Gasteiger partial charge on any atom is 0.317 e. The first-order chi connectivity index (χ1) is 8.46. The number of hydrogen-bond donors (Lipinski definition) is 2. The normalized spacial score (nSPS) is 14.9. The van der Waals surface area contributed by atoms with Crippen LogP contribution in [0.25, 0.3) is 0 Å². The van der Waals surface area contributed by atoms with Crippen molar-refractivity contribution in [1.29, 1.82) is 0 Å². The molecule has 0 spiro atoms. The summed E-state index contributed by atoms with van der Waals surface area (Å²) < 4.78 is 0. The summed E-state index contributed by atoms with van der Waals surface area (Å²) in [5.74, 6) is -0.553. The molecule has 0 aliphatic carbocycles. The standard InChI is InChI=1S/C14H28N2O3/c1-9(2)10(3)16(7)13(19)15-11(8-12(17)18)14(4,5)6/h9-11H,8H2,1-7H3,(H,15,19)(H,17,18). The molecule has 0 aliphatic rings. The van der Waals surface area contributed by atoms with E-state index in [1.165, 1.54) is 0 Å². The SMILES string of the molecule is CC(C)C(C)N(C)C(=O)NC(CC(=O)O)C(C)(C)C. The molecule has 0 aromatic rings. The average molecular weight is 272 g/mol. The number of rotatable bonds is 5. The van der Waals surface area contributed by atoms with Crippen LogP contribution in [0.4, 0.5) is 4.79 Å². The lowest BCUT2D eigenvalue weighted by Crippen LogP contribution is -2.52. The zero-order valence-corrected chi connectivity index (χ0v) is 13.2. The number of hydrogen-bond acceptors (Lipinski definition) is 2. The number of aliphatic carboxylic acids is 1. The van der Waals surface area contributed by atoms with Gasteiger partial charge < -0.3 is 15.3 Å². The summed E-state index contributed by atoms with van der Waals surface area (Å²) in [6.07, 6.45) is -0.0703. The Kier molecular flexibility index (Phi) is 6.33. The van der Waals surface area contributed by atoms with Crippen LogP contribution in [-0.4, -0.2) is 41.1 Å². The molecule has 0 saturated heterocycles. The van der Waals surface area contributed by atoms with Crippen molar-refractivity contribution in [2.45, 2.75) is 60.0 Å². The Morgan fingerprint density at radius 1 is 1.21 bits per heavy atom. The van der Waals surface area contributed by atoms with Gasteiger partial charge in [0.05, 0.1) is 6.42 Å². The van der Waals surface area contributed by atoms with Crippen molar-refractivity contribution in [2.24, 2.45) is 11.3 Å². The summed E-state index contributed by atoms with van der Waals surface area (Å²) in [6.45, 7) is 11.8. The first-order valence-corrected chi connectivity index (χ1v) is 6.72. The highest BCUT2D eigenvalue weighted by Crippen LogP contribution is 2.22. The van der Waals surface area contributed by atoms with Crippen LogP contribution in [0.15, 0.2) is 0 Å². The Hall–Kier alpha value is -1.26. The predicted molar refractivity (Wildman–Crippen MR) is 76.1 cm³/mol. The second-order valence-corrected chi connectivity index (χ2v) is 6.56. The van der Waals surface area contributed by atoms with Crippen LogP contribution in [0.3, 0.4) is 0 Å². The van der Waals surface area contributed by atoms with Crippen molar-refractivity contribution in [3.63, 3.8) is 0 Å². The summed E-state index contributed by atoms with van der Waals surface area (Å²) in [6, 6.07) is -0.507. The van der Waals surface area contributed by atoms with Gasteiger partial charge in [-0.25, -0.2) is 4.79 Å². The number of nitrogens with one attached hydrogen (secondary N) is 1. The Balaban J connectivity index is 4.77. The van der Waals surface area contributed by atoms with E-state index in [1.807, 2.05) is 41.5 Å². The van der Waals surface area contributed by atoms with E-state index in [0.29, 0.717) is 5.92 Å². The number of carboxylic acid groups (broad SMARTS) is 1. The van der Waals surface area contributed by atoms with Gasteiger partial charge in [-0.1, -0.05) is 34.6 Å². The maximum absolute atomic E-state index is 12.1. The van der Waals surface area contributed by atoms with Gasteiger partial charge in [0.2, 0.25) is 0 Å². The number of urea groups is 1. The van der Waals surface area contributed by atoms with Crippen molar-refractivity contribution in [3.05, 3.63) is 0 Å². The van der Waals surface area contributed by atoms with Gasteiger partial charge in [-0.05, 0) is 18.3 Å². The molecule has 2 N–H and O–H groups in total. The molecule has 0 aromatic heterocycles. The van der Waals surface area contributed by atoms with Gasteiger partial charge in [0.15, 0.2) is 0 Å². The van der Waals surface area contributed by atoms with Crippen LogP contribution < -0.4 is 5.32 Å². The Morgan fingerprint density at radius 3 is 2.00 bits per heavy atom. The highest BCUT2D eigenvalue weighted by Gasteiger charge is 2.30. The van der Waals surface area contributed by atoms with Gasteiger partial charge in [0.25, 0.3) is 0 Å². The van der Waals surface area contributed by atoms with E-state index in [-0.39, 0.29) is 30.0 Å². The molecule has 0 saturated carbocycles. The van der Waals surface area contributed by atoms with Crippen LogP contribution in [0, 0.1) is 11.3 Å². The van der Waals surface area contributed by atoms with E-state index < -0.39 is 5.97 Å². The minimum absolute atomic E-state index is 0.0703. The maximum atomic E-state index is 12.1. The predicted octanol–water partition coefficient (Wildman–Crippen LogP) is 2.56. The molecule has 2 amide bonds. The summed E-state index contributed by atoms with van der Waals surface area (Å²) in [5.41, 5.74) is -0.296. The van der Waals surface area contributed by atoms with Crippen LogP contribution in [-0.2, 0) is 4.79 Å². The largest absolute Gasteiger partial charge is 0.481 e. The molecule has 0 fully saturated rings. The van der Waals surface area contributed by atoms with Gasteiger partial charge in [-0.15, -0.1) is 0 Å². The van der Waals surface area contributed by atoms with E-state index in [4.69, 9.17) is 5.11 Å². The molecule has 0 bridgehead atoms. The first kappa shape index (κ1) is 17.7. The van der Waals surface area contributed by atoms with Crippen LogP contribution in [0.1, 0.15) is 48.0 Å².